The molecule has 0 radical (unpaired) electrons. The Morgan fingerprint density at radius 3 is 2.57 bits per heavy atom. The Kier molecular flexibility index (Phi) is 5.58. The van der Waals surface area contributed by atoms with Crippen molar-refractivity contribution in [2.75, 3.05) is 5.32 Å². The zero-order valence-electron chi connectivity index (χ0n) is 12.1. The zero-order chi connectivity index (χ0) is 17.0. The molecule has 2 rings (SSSR count). The van der Waals surface area contributed by atoms with Gasteiger partial charge in [0.1, 0.15) is 0 Å². The summed E-state index contributed by atoms with van der Waals surface area (Å²) in [4.78, 5) is 23.5. The molecule has 0 aliphatic carbocycles. The van der Waals surface area contributed by atoms with Crippen LogP contribution in [0.1, 0.15) is 22.8 Å². The number of halogens is 2. The molecule has 0 bridgehead atoms. The first kappa shape index (κ1) is 17.2. The number of benzene rings is 2. The fourth-order valence-corrected chi connectivity index (χ4v) is 2.49. The summed E-state index contributed by atoms with van der Waals surface area (Å²) in [7, 11) is 0. The molecule has 0 atom stereocenters. The second-order valence-electron chi connectivity index (χ2n) is 4.80. The largest absolute Gasteiger partial charge is 0.478 e. The van der Waals surface area contributed by atoms with E-state index in [0.29, 0.717) is 10.6 Å². The highest BCUT2D eigenvalue weighted by molar-refractivity contribution is 9.10. The minimum atomic E-state index is -1.16. The van der Waals surface area contributed by atoms with E-state index in [0.717, 1.165) is 10.0 Å². The van der Waals surface area contributed by atoms with Crippen LogP contribution in [0, 0.1) is 0 Å². The van der Waals surface area contributed by atoms with Crippen molar-refractivity contribution in [1.82, 2.24) is 0 Å². The van der Waals surface area contributed by atoms with Gasteiger partial charge in [0, 0.05) is 15.1 Å². The molecule has 0 aliphatic rings. The van der Waals surface area contributed by atoms with E-state index in [2.05, 4.69) is 21.2 Å². The molecule has 118 valence electrons. The van der Waals surface area contributed by atoms with Gasteiger partial charge in [0.25, 0.3) is 5.91 Å². The number of hydrogen-bond donors (Lipinski definition) is 2. The number of carboxylic acids is 1. The molecule has 0 saturated carbocycles. The lowest BCUT2D eigenvalue weighted by molar-refractivity contribution is -0.112. The molecule has 1 amide bonds. The molecule has 23 heavy (non-hydrogen) atoms. The van der Waals surface area contributed by atoms with Crippen molar-refractivity contribution in [2.24, 2.45) is 0 Å². The topological polar surface area (TPSA) is 66.4 Å². The molecule has 0 spiro atoms. The van der Waals surface area contributed by atoms with E-state index in [9.17, 15) is 14.7 Å². The SMILES string of the molecule is C/C(=C\c1ccccc1Br)C(=O)Nc1ccc(Cl)cc1C(=O)O. The van der Waals surface area contributed by atoms with Crippen LogP contribution in [0.3, 0.4) is 0 Å². The molecule has 2 N–H and O–H groups in total. The number of carboxylic acid groups (broad SMARTS) is 1. The van der Waals surface area contributed by atoms with Gasteiger partial charge in [0.15, 0.2) is 0 Å². The molecule has 6 heteroatoms. The van der Waals surface area contributed by atoms with Crippen molar-refractivity contribution < 1.29 is 14.7 Å². The van der Waals surface area contributed by atoms with Crippen LogP contribution in [0.4, 0.5) is 5.69 Å². The molecule has 0 unspecified atom stereocenters. The van der Waals surface area contributed by atoms with Crippen molar-refractivity contribution in [2.45, 2.75) is 6.92 Å². The number of hydrogen-bond acceptors (Lipinski definition) is 2. The summed E-state index contributed by atoms with van der Waals surface area (Å²) >= 11 is 9.20. The Balaban J connectivity index is 2.26. The van der Waals surface area contributed by atoms with E-state index in [1.54, 1.807) is 13.0 Å². The molecule has 4 nitrogen and oxygen atoms in total. The molecule has 0 saturated heterocycles. The number of rotatable bonds is 4. The van der Waals surface area contributed by atoms with Crippen LogP contribution < -0.4 is 5.32 Å². The van der Waals surface area contributed by atoms with Gasteiger partial charge in [0.2, 0.25) is 0 Å². The molecular formula is C17H13BrClNO3. The number of anilines is 1. The van der Waals surface area contributed by atoms with Crippen LogP contribution in [0.2, 0.25) is 5.02 Å². The highest BCUT2D eigenvalue weighted by Gasteiger charge is 2.14. The number of aromatic carboxylic acids is 1. The van der Waals surface area contributed by atoms with E-state index in [1.807, 2.05) is 24.3 Å². The fourth-order valence-electron chi connectivity index (χ4n) is 1.91. The minimum Gasteiger partial charge on any atom is -0.478 e. The third-order valence-corrected chi connectivity index (χ3v) is 4.05. The van der Waals surface area contributed by atoms with Crippen molar-refractivity contribution in [1.29, 1.82) is 0 Å². The van der Waals surface area contributed by atoms with Gasteiger partial charge in [-0.2, -0.15) is 0 Å². The summed E-state index contributed by atoms with van der Waals surface area (Å²) in [6, 6.07) is 11.8. The first-order chi connectivity index (χ1) is 10.9. The Labute approximate surface area is 146 Å². The van der Waals surface area contributed by atoms with Gasteiger partial charge in [-0.05, 0) is 42.8 Å². The van der Waals surface area contributed by atoms with Crippen molar-refractivity contribution in [3.8, 4) is 0 Å². The van der Waals surface area contributed by atoms with E-state index in [1.165, 1.54) is 18.2 Å². The lowest BCUT2D eigenvalue weighted by Crippen LogP contribution is -2.15. The molecular weight excluding hydrogens is 382 g/mol. The van der Waals surface area contributed by atoms with E-state index < -0.39 is 5.97 Å². The average molecular weight is 395 g/mol. The third-order valence-electron chi connectivity index (χ3n) is 3.10. The van der Waals surface area contributed by atoms with E-state index in [4.69, 9.17) is 11.6 Å². The van der Waals surface area contributed by atoms with Crippen LogP contribution in [0.25, 0.3) is 6.08 Å². The summed E-state index contributed by atoms with van der Waals surface area (Å²) in [5, 5.41) is 12.1. The second kappa shape index (κ2) is 7.44. The van der Waals surface area contributed by atoms with Gasteiger partial charge >= 0.3 is 5.97 Å². The van der Waals surface area contributed by atoms with Crippen molar-refractivity contribution in [3.05, 3.63) is 68.7 Å². The number of nitrogens with one attached hydrogen (secondary N) is 1. The van der Waals surface area contributed by atoms with Gasteiger partial charge in [-0.1, -0.05) is 45.7 Å². The Hall–Kier alpha value is -2.11. The quantitative estimate of drug-likeness (QED) is 0.729. The van der Waals surface area contributed by atoms with Crippen LogP contribution in [0.15, 0.2) is 52.5 Å². The molecule has 0 aliphatic heterocycles. The predicted molar refractivity (Wildman–Crippen MR) is 94.8 cm³/mol. The first-order valence-corrected chi connectivity index (χ1v) is 7.82. The normalized spacial score (nSPS) is 11.2. The van der Waals surface area contributed by atoms with Crippen LogP contribution >= 0.6 is 27.5 Å². The summed E-state index contributed by atoms with van der Waals surface area (Å²) in [5.41, 5.74) is 1.45. The Morgan fingerprint density at radius 1 is 1.22 bits per heavy atom. The van der Waals surface area contributed by atoms with Crippen LogP contribution in [0.5, 0.6) is 0 Å². The Morgan fingerprint density at radius 2 is 1.91 bits per heavy atom. The highest BCUT2D eigenvalue weighted by atomic mass is 79.9. The monoisotopic (exact) mass is 393 g/mol. The summed E-state index contributed by atoms with van der Waals surface area (Å²) in [5.74, 6) is -1.54. The summed E-state index contributed by atoms with van der Waals surface area (Å²) in [6.45, 7) is 1.66. The maximum Gasteiger partial charge on any atom is 0.337 e. The van der Waals surface area contributed by atoms with Crippen LogP contribution in [-0.2, 0) is 4.79 Å². The smallest absolute Gasteiger partial charge is 0.337 e. The van der Waals surface area contributed by atoms with Gasteiger partial charge < -0.3 is 10.4 Å². The maximum absolute atomic E-state index is 12.3. The molecule has 0 heterocycles. The van der Waals surface area contributed by atoms with Gasteiger partial charge in [-0.3, -0.25) is 4.79 Å². The van der Waals surface area contributed by atoms with E-state index in [-0.39, 0.29) is 17.2 Å². The van der Waals surface area contributed by atoms with Gasteiger partial charge in [0.05, 0.1) is 11.3 Å². The molecule has 0 fully saturated rings. The predicted octanol–water partition coefficient (Wildman–Crippen LogP) is 4.84. The van der Waals surface area contributed by atoms with Crippen molar-refractivity contribution in [3.63, 3.8) is 0 Å². The Bertz CT molecular complexity index is 802. The number of carbonyl (C=O) groups is 2. The summed E-state index contributed by atoms with van der Waals surface area (Å²) in [6.07, 6.45) is 1.72. The van der Waals surface area contributed by atoms with Gasteiger partial charge in [-0.25, -0.2) is 4.79 Å². The third kappa shape index (κ3) is 4.43. The summed E-state index contributed by atoms with van der Waals surface area (Å²) < 4.78 is 0.866. The first-order valence-electron chi connectivity index (χ1n) is 6.65. The number of amides is 1. The lowest BCUT2D eigenvalue weighted by Gasteiger charge is -2.09. The second-order valence-corrected chi connectivity index (χ2v) is 6.09. The fraction of sp³-hybridized carbons (Fsp3) is 0.0588. The molecule has 2 aromatic carbocycles. The van der Waals surface area contributed by atoms with Crippen LogP contribution in [-0.4, -0.2) is 17.0 Å². The van der Waals surface area contributed by atoms with E-state index >= 15 is 0 Å². The lowest BCUT2D eigenvalue weighted by atomic mass is 10.1. The average Bonchev–Trinajstić information content (AvgIpc) is 2.51. The molecule has 0 aromatic heterocycles. The van der Waals surface area contributed by atoms with Gasteiger partial charge in [-0.15, -0.1) is 0 Å². The zero-order valence-corrected chi connectivity index (χ0v) is 14.5. The standard InChI is InChI=1S/C17H13BrClNO3/c1-10(8-11-4-2-3-5-14(11)18)16(21)20-15-7-6-12(19)9-13(15)17(22)23/h2-9H,1H3,(H,20,21)(H,22,23)/b10-8+. The highest BCUT2D eigenvalue weighted by Crippen LogP contribution is 2.23. The van der Waals surface area contributed by atoms with Crippen molar-refractivity contribution >= 4 is 51.2 Å². The maximum atomic E-state index is 12.3. The minimum absolute atomic E-state index is 0.0560. The molecule has 2 aromatic rings. The number of carbonyl (C=O) groups excluding carboxylic acids is 1.